The molecule has 8 aromatic rings. The summed E-state index contributed by atoms with van der Waals surface area (Å²) in [5.74, 6) is -2.17. The maximum Gasteiger partial charge on any atom is 2.00 e. The third kappa shape index (κ3) is 9.51. The van der Waals surface area contributed by atoms with Gasteiger partial charge in [-0.1, -0.05) is 133 Å². The van der Waals surface area contributed by atoms with E-state index in [0.29, 0.717) is 0 Å². The van der Waals surface area contributed by atoms with Crippen molar-refractivity contribution >= 4 is 59.6 Å². The topological polar surface area (TPSA) is 80.3 Å². The van der Waals surface area contributed by atoms with Crippen molar-refractivity contribution < 1.29 is 39.3 Å². The molecule has 72 heavy (non-hydrogen) atoms. The van der Waals surface area contributed by atoms with E-state index in [2.05, 4.69) is 217 Å². The Hall–Kier alpha value is -5.82. The summed E-state index contributed by atoms with van der Waals surface area (Å²) in [6.45, 7) is 29.5. The zero-order chi connectivity index (χ0) is 51.4. The van der Waals surface area contributed by atoms with Crippen LogP contribution in [0.25, 0.3) is 22.3 Å². The van der Waals surface area contributed by atoms with Crippen molar-refractivity contribution in [3.05, 3.63) is 222 Å². The van der Waals surface area contributed by atoms with Gasteiger partial charge in [-0.15, -0.1) is 0 Å². The molecule has 0 aromatic heterocycles. The van der Waals surface area contributed by atoms with Crippen molar-refractivity contribution in [2.45, 2.75) is 102 Å². The van der Waals surface area contributed by atoms with Gasteiger partial charge in [0.15, 0.2) is 0 Å². The smallest absolute Gasteiger partial charge is 0.550 e. The fourth-order valence-electron chi connectivity index (χ4n) is 11.0. The number of benzene rings is 8. The molecule has 0 radical (unpaired) electrons. The molecule has 0 saturated carbocycles. The number of aryl methyl sites for hydroxylation is 8. The zero-order valence-corrected chi connectivity index (χ0v) is 47.6. The minimum Gasteiger partial charge on any atom is -0.550 e. The van der Waals surface area contributed by atoms with E-state index in [1.807, 2.05) is 0 Å². The van der Waals surface area contributed by atoms with Gasteiger partial charge in [-0.05, 0) is 256 Å². The number of rotatable bonds is 6. The van der Waals surface area contributed by atoms with Crippen molar-refractivity contribution in [2.75, 3.05) is 0 Å². The van der Waals surface area contributed by atoms with E-state index in [-0.39, 0.29) is 19.5 Å². The summed E-state index contributed by atoms with van der Waals surface area (Å²) in [6, 6.07) is 53.5. The Morgan fingerprint density at radius 2 is 0.583 bits per heavy atom. The van der Waals surface area contributed by atoms with Crippen LogP contribution in [0.5, 0.6) is 0 Å². The average Bonchev–Trinajstić information content (AvgIpc) is 3.79. The zero-order valence-electron chi connectivity index (χ0n) is 44.1. The molecule has 0 N–H and O–H groups in total. The molecule has 0 aliphatic heterocycles. The molecule has 0 unspecified atom stereocenters. The normalized spacial score (nSPS) is 12.2. The molecule has 0 atom stereocenters. The first-order valence-corrected chi connectivity index (χ1v) is 27.1. The number of carboxylic acids is 2. The van der Waals surface area contributed by atoms with Crippen LogP contribution >= 0.6 is 15.8 Å². The number of hydrogen-bond acceptors (Lipinski definition) is 4. The second-order valence-corrected chi connectivity index (χ2v) is 24.1. The number of carboxylic acid groups (broad SMARTS) is 2. The number of hydrogen-bond donors (Lipinski definition) is 0. The summed E-state index contributed by atoms with van der Waals surface area (Å²) >= 11 is 0. The maximum absolute atomic E-state index is 8.89. The first-order chi connectivity index (χ1) is 33.7. The molecule has 366 valence electrons. The predicted molar refractivity (Wildman–Crippen MR) is 298 cm³/mol. The Balaban J connectivity index is 0.000000789. The quantitative estimate of drug-likeness (QED) is 0.123. The molecule has 4 nitrogen and oxygen atoms in total. The van der Waals surface area contributed by atoms with Gasteiger partial charge < -0.3 is 19.8 Å². The first kappa shape index (κ1) is 54.0. The van der Waals surface area contributed by atoms with Crippen LogP contribution in [-0.4, -0.2) is 11.9 Å². The minimum atomic E-state index is -1.08. The fourth-order valence-corrected chi connectivity index (χ4v) is 16.8. The van der Waals surface area contributed by atoms with Gasteiger partial charge in [-0.3, -0.25) is 0 Å². The van der Waals surface area contributed by atoms with Gasteiger partial charge in [-0.2, -0.15) is 0 Å². The molecule has 0 bridgehead atoms. The van der Waals surface area contributed by atoms with E-state index < -0.39 is 33.2 Å². The van der Waals surface area contributed by atoms with Gasteiger partial charge in [0.2, 0.25) is 0 Å². The van der Waals surface area contributed by atoms with E-state index in [4.69, 9.17) is 19.8 Å². The second kappa shape index (κ2) is 21.3. The van der Waals surface area contributed by atoms with Crippen LogP contribution in [0.4, 0.5) is 0 Å². The molecule has 8 aromatic carbocycles. The molecule has 0 fully saturated rings. The van der Waals surface area contributed by atoms with Crippen LogP contribution < -0.4 is 42.0 Å². The Labute approximate surface area is 443 Å². The monoisotopic (exact) mass is 1070 g/mol. The largest absolute Gasteiger partial charge is 2.00 e. The molecule has 7 heteroatoms. The van der Waals surface area contributed by atoms with Crippen LogP contribution in [0.2, 0.25) is 0 Å². The average molecular weight is 1070 g/mol. The SMILES string of the molecule is CC(=O)[O-].CC(=O)[O-].Cc1cc(P(c2cc(C)c(C)c(C)c2)c2cccc3c2C2(c4ccccc4-3)c3ccccc3-c3cccc(P(c4cc(C)c(C)c(C)c4)c4cc(C)c(C)c(C)c4)c32)cc(C)c1C.[Ru+2]. The van der Waals surface area contributed by atoms with Crippen LogP contribution in [0.1, 0.15) is 103 Å². The van der Waals surface area contributed by atoms with E-state index in [1.165, 1.54) is 143 Å². The molecular weight excluding hydrogens is 1010 g/mol. The molecule has 0 heterocycles. The Morgan fingerprint density at radius 1 is 0.361 bits per heavy atom. The standard InChI is InChI=1S/C61H58P2.2C2H4O2.Ru/c1-35-27-47(28-36(2)43(35)9)62(48-29-37(3)44(10)38(4)30-48)57-25-17-21-53-51-19-13-15-23-55(51)61(59(53)57)56-24-16-14-20-52(56)54-22-18-26-58(60(54)61)63(49-31-39(5)45(11)40(6)32-49)50-33-41(7)46(12)42(8)34-50;2*1-2(3)4;/h13-34H,1-12H3;2*1H3,(H,3,4);/q;;;+2/p-2. The van der Waals surface area contributed by atoms with Gasteiger partial charge >= 0.3 is 19.5 Å². The van der Waals surface area contributed by atoms with Crippen molar-refractivity contribution in [1.29, 1.82) is 0 Å². The number of fused-ring (bicyclic) bond motifs is 10. The van der Waals surface area contributed by atoms with Crippen LogP contribution in [-0.2, 0) is 34.5 Å². The summed E-state index contributed by atoms with van der Waals surface area (Å²) in [7, 11) is -1.99. The van der Waals surface area contributed by atoms with Gasteiger partial charge in [0.25, 0.3) is 0 Å². The summed E-state index contributed by atoms with van der Waals surface area (Å²) in [5, 5.41) is 26.4. The molecule has 10 rings (SSSR count). The van der Waals surface area contributed by atoms with Gasteiger partial charge in [0.05, 0.1) is 5.41 Å². The molecule has 0 amide bonds. The van der Waals surface area contributed by atoms with E-state index in [1.54, 1.807) is 0 Å². The van der Waals surface area contributed by atoms with Crippen molar-refractivity contribution in [3.63, 3.8) is 0 Å². The van der Waals surface area contributed by atoms with E-state index in [0.717, 1.165) is 13.8 Å². The first-order valence-electron chi connectivity index (χ1n) is 24.4. The fraction of sp³-hybridized carbons (Fsp3) is 0.231. The maximum atomic E-state index is 8.89. The van der Waals surface area contributed by atoms with Gasteiger partial charge in [0, 0.05) is 11.9 Å². The molecule has 1 spiro atoms. The summed E-state index contributed by atoms with van der Waals surface area (Å²) in [5.41, 5.74) is 27.0. The van der Waals surface area contributed by atoms with Crippen molar-refractivity contribution in [2.24, 2.45) is 0 Å². The number of aliphatic carboxylic acids is 2. The molecule has 0 saturated heterocycles. The van der Waals surface area contributed by atoms with Gasteiger partial charge in [0.1, 0.15) is 0 Å². The van der Waals surface area contributed by atoms with Crippen LogP contribution in [0.15, 0.2) is 133 Å². The third-order valence-corrected chi connectivity index (χ3v) is 20.0. The Morgan fingerprint density at radius 3 is 0.833 bits per heavy atom. The Bertz CT molecular complexity index is 3010. The van der Waals surface area contributed by atoms with Crippen LogP contribution in [0, 0.1) is 83.1 Å². The van der Waals surface area contributed by atoms with Crippen LogP contribution in [0.3, 0.4) is 0 Å². The number of carbonyl (C=O) groups is 2. The second-order valence-electron chi connectivity index (χ2n) is 19.7. The Kier molecular flexibility index (Phi) is 16.0. The minimum absolute atomic E-state index is 0. The van der Waals surface area contributed by atoms with Crippen molar-refractivity contribution in [3.8, 4) is 22.3 Å². The molecule has 2 aliphatic rings. The summed E-state index contributed by atoms with van der Waals surface area (Å²) in [4.78, 5) is 17.8. The van der Waals surface area contributed by atoms with Gasteiger partial charge in [-0.25, -0.2) is 0 Å². The van der Waals surface area contributed by atoms with E-state index >= 15 is 0 Å². The van der Waals surface area contributed by atoms with Crippen molar-refractivity contribution in [1.82, 2.24) is 0 Å². The third-order valence-electron chi connectivity index (χ3n) is 15.2. The molecular formula is C65H64O4P2Ru. The predicted octanol–water partition coefficient (Wildman–Crippen LogP) is 10.8. The molecule has 2 aliphatic carbocycles. The summed E-state index contributed by atoms with van der Waals surface area (Å²) < 4.78 is 0. The number of carbonyl (C=O) groups excluding carboxylic acids is 2. The summed E-state index contributed by atoms with van der Waals surface area (Å²) in [6.07, 6.45) is 0. The van der Waals surface area contributed by atoms with E-state index in [9.17, 15) is 0 Å².